The molecule has 0 aliphatic carbocycles. The van der Waals surface area contributed by atoms with Crippen molar-refractivity contribution < 1.29 is 14.6 Å². The fourth-order valence-corrected chi connectivity index (χ4v) is 3.46. The Morgan fingerprint density at radius 1 is 1.04 bits per heavy atom. The minimum atomic E-state index is -0.145. The molecule has 134 valence electrons. The number of hydrogen-bond donors (Lipinski definition) is 1. The fraction of sp³-hybridized carbons (Fsp3) is 0.125. The molecule has 1 atom stereocenters. The molecule has 0 radical (unpaired) electrons. The molecule has 0 amide bonds. The highest BCUT2D eigenvalue weighted by Gasteiger charge is 2.29. The average Bonchev–Trinajstić information content (AvgIpc) is 3.12. The predicted molar refractivity (Wildman–Crippen MR) is 106 cm³/mol. The number of allylic oxidation sites excluding steroid dienone is 2. The van der Waals surface area contributed by atoms with Crippen LogP contribution in [0.1, 0.15) is 40.1 Å². The topological polar surface area (TPSA) is 46.5 Å². The Morgan fingerprint density at radius 2 is 1.70 bits per heavy atom. The van der Waals surface area contributed by atoms with E-state index in [-0.39, 0.29) is 17.6 Å². The summed E-state index contributed by atoms with van der Waals surface area (Å²) >= 11 is 0. The molecule has 1 N–H and O–H groups in total. The van der Waals surface area contributed by atoms with Crippen molar-refractivity contribution in [3.05, 3.63) is 101 Å². The second-order valence-electron chi connectivity index (χ2n) is 6.75. The monoisotopic (exact) mass is 356 g/mol. The van der Waals surface area contributed by atoms with E-state index < -0.39 is 0 Å². The van der Waals surface area contributed by atoms with Gasteiger partial charge in [0.05, 0.1) is 0 Å². The molecule has 1 unspecified atom stereocenters. The lowest BCUT2D eigenvalue weighted by atomic mass is 9.95. The van der Waals surface area contributed by atoms with Crippen molar-refractivity contribution in [3.8, 4) is 11.5 Å². The number of phenolic OH excluding ortho intramolecular Hbond substituents is 1. The molecule has 0 saturated heterocycles. The van der Waals surface area contributed by atoms with Crippen LogP contribution in [0.25, 0.3) is 5.57 Å². The Morgan fingerprint density at radius 3 is 2.41 bits per heavy atom. The van der Waals surface area contributed by atoms with Crippen molar-refractivity contribution in [2.75, 3.05) is 0 Å². The highest BCUT2D eigenvalue weighted by molar-refractivity contribution is 6.10. The highest BCUT2D eigenvalue weighted by atomic mass is 16.5. The standard InChI is InChI=1S/C24H20O3/c1-16(17-8-4-2-5-9-17)12-22(26)20-13-19(25)14-24-21(20)15-23(27-24)18-10-6-3-7-11-18/h2-14,23,25H,15H2,1H3. The van der Waals surface area contributed by atoms with Gasteiger partial charge in [-0.25, -0.2) is 0 Å². The first-order valence-corrected chi connectivity index (χ1v) is 8.97. The van der Waals surface area contributed by atoms with Crippen LogP contribution in [0.3, 0.4) is 0 Å². The molecular weight excluding hydrogens is 336 g/mol. The fourth-order valence-electron chi connectivity index (χ4n) is 3.46. The van der Waals surface area contributed by atoms with Crippen LogP contribution in [0.5, 0.6) is 11.5 Å². The molecule has 3 heteroatoms. The van der Waals surface area contributed by atoms with Gasteiger partial charge in [-0.2, -0.15) is 0 Å². The number of phenols is 1. The maximum atomic E-state index is 12.9. The van der Waals surface area contributed by atoms with E-state index in [0.29, 0.717) is 17.7 Å². The maximum absolute atomic E-state index is 12.9. The number of carbonyl (C=O) groups is 1. The maximum Gasteiger partial charge on any atom is 0.186 e. The van der Waals surface area contributed by atoms with Gasteiger partial charge in [0, 0.05) is 23.6 Å². The van der Waals surface area contributed by atoms with Crippen molar-refractivity contribution in [2.24, 2.45) is 0 Å². The Hall–Kier alpha value is -3.33. The molecule has 0 fully saturated rings. The molecule has 3 nitrogen and oxygen atoms in total. The quantitative estimate of drug-likeness (QED) is 0.506. The SMILES string of the molecule is CC(=CC(=O)c1cc(O)cc2c1CC(c1ccccc1)O2)c1ccccc1. The van der Waals surface area contributed by atoms with Crippen molar-refractivity contribution in [2.45, 2.75) is 19.4 Å². The van der Waals surface area contributed by atoms with Gasteiger partial charge >= 0.3 is 0 Å². The first-order chi connectivity index (χ1) is 13.1. The van der Waals surface area contributed by atoms with Crippen molar-refractivity contribution >= 4 is 11.4 Å². The van der Waals surface area contributed by atoms with Crippen LogP contribution < -0.4 is 4.74 Å². The molecule has 3 aromatic carbocycles. The van der Waals surface area contributed by atoms with E-state index in [0.717, 1.165) is 22.3 Å². The number of fused-ring (bicyclic) bond motifs is 1. The van der Waals surface area contributed by atoms with Gasteiger partial charge in [-0.05, 0) is 35.8 Å². The molecule has 3 aromatic rings. The van der Waals surface area contributed by atoms with Gasteiger partial charge in [0.25, 0.3) is 0 Å². The molecular formula is C24H20O3. The van der Waals surface area contributed by atoms with E-state index in [2.05, 4.69) is 0 Å². The summed E-state index contributed by atoms with van der Waals surface area (Å²) in [6.07, 6.45) is 2.09. The lowest BCUT2D eigenvalue weighted by Crippen LogP contribution is -2.03. The summed E-state index contributed by atoms with van der Waals surface area (Å²) in [6.45, 7) is 1.92. The van der Waals surface area contributed by atoms with Crippen LogP contribution >= 0.6 is 0 Å². The third kappa shape index (κ3) is 3.49. The van der Waals surface area contributed by atoms with Crippen molar-refractivity contribution in [1.82, 2.24) is 0 Å². The van der Waals surface area contributed by atoms with Crippen molar-refractivity contribution in [3.63, 3.8) is 0 Å². The van der Waals surface area contributed by atoms with Gasteiger partial charge in [-0.15, -0.1) is 0 Å². The zero-order valence-corrected chi connectivity index (χ0v) is 15.1. The molecule has 0 bridgehead atoms. The predicted octanol–water partition coefficient (Wildman–Crippen LogP) is 5.35. The number of aromatic hydroxyl groups is 1. The van der Waals surface area contributed by atoms with Crippen molar-refractivity contribution in [1.29, 1.82) is 0 Å². The van der Waals surface area contributed by atoms with E-state index in [1.54, 1.807) is 12.1 Å². The summed E-state index contributed by atoms with van der Waals surface area (Å²) in [7, 11) is 0. The first kappa shape index (κ1) is 17.1. The van der Waals surface area contributed by atoms with E-state index >= 15 is 0 Å². The normalized spacial score (nSPS) is 15.9. The zero-order valence-electron chi connectivity index (χ0n) is 15.1. The zero-order chi connectivity index (χ0) is 18.8. The van der Waals surface area contributed by atoms with Gasteiger partial charge in [0.15, 0.2) is 5.78 Å². The first-order valence-electron chi connectivity index (χ1n) is 8.97. The molecule has 1 aliphatic heterocycles. The van der Waals surface area contributed by atoms with Gasteiger partial charge < -0.3 is 9.84 Å². The largest absolute Gasteiger partial charge is 0.508 e. The summed E-state index contributed by atoms with van der Waals surface area (Å²) in [5.41, 5.74) is 4.29. The summed E-state index contributed by atoms with van der Waals surface area (Å²) < 4.78 is 6.02. The van der Waals surface area contributed by atoms with Crippen LogP contribution in [0.4, 0.5) is 0 Å². The van der Waals surface area contributed by atoms with Gasteiger partial charge in [-0.1, -0.05) is 60.7 Å². The molecule has 0 spiro atoms. The molecule has 1 aliphatic rings. The Labute approximate surface area is 158 Å². The Balaban J connectivity index is 1.67. The number of hydrogen-bond acceptors (Lipinski definition) is 3. The number of ketones is 1. The highest BCUT2D eigenvalue weighted by Crippen LogP contribution is 2.41. The molecule has 0 aromatic heterocycles. The lowest BCUT2D eigenvalue weighted by molar-refractivity contribution is 0.104. The summed E-state index contributed by atoms with van der Waals surface area (Å²) in [6, 6.07) is 22.8. The van der Waals surface area contributed by atoms with Gasteiger partial charge in [0.2, 0.25) is 0 Å². The number of carbonyl (C=O) groups excluding carboxylic acids is 1. The summed E-state index contributed by atoms with van der Waals surface area (Å²) in [5.74, 6) is 0.496. The van der Waals surface area contributed by atoms with Crippen LogP contribution in [-0.2, 0) is 6.42 Å². The average molecular weight is 356 g/mol. The molecule has 0 saturated carbocycles. The summed E-state index contributed by atoms with van der Waals surface area (Å²) in [4.78, 5) is 12.9. The molecule has 4 rings (SSSR count). The Kier molecular flexibility index (Phi) is 4.51. The van der Waals surface area contributed by atoms with E-state index in [4.69, 9.17) is 4.74 Å². The van der Waals surface area contributed by atoms with E-state index in [1.807, 2.05) is 67.6 Å². The summed E-state index contributed by atoms with van der Waals surface area (Å²) in [5, 5.41) is 10.1. The number of rotatable bonds is 4. The van der Waals surface area contributed by atoms with E-state index in [1.165, 1.54) is 6.07 Å². The Bertz CT molecular complexity index is 1000. The van der Waals surface area contributed by atoms with Gasteiger partial charge in [0.1, 0.15) is 17.6 Å². The second-order valence-corrected chi connectivity index (χ2v) is 6.75. The smallest absolute Gasteiger partial charge is 0.186 e. The third-order valence-corrected chi connectivity index (χ3v) is 4.87. The molecule has 27 heavy (non-hydrogen) atoms. The molecule has 1 heterocycles. The lowest BCUT2D eigenvalue weighted by Gasteiger charge is -2.10. The minimum Gasteiger partial charge on any atom is -0.508 e. The van der Waals surface area contributed by atoms with E-state index in [9.17, 15) is 9.90 Å². The second kappa shape index (κ2) is 7.12. The number of ether oxygens (including phenoxy) is 1. The van der Waals surface area contributed by atoms with Crippen LogP contribution in [0.2, 0.25) is 0 Å². The van der Waals surface area contributed by atoms with Crippen LogP contribution in [0.15, 0.2) is 78.9 Å². The third-order valence-electron chi connectivity index (χ3n) is 4.87. The van der Waals surface area contributed by atoms with Crippen LogP contribution in [0, 0.1) is 0 Å². The number of benzene rings is 3. The minimum absolute atomic E-state index is 0.0385. The van der Waals surface area contributed by atoms with Crippen LogP contribution in [-0.4, -0.2) is 10.9 Å². The van der Waals surface area contributed by atoms with Gasteiger partial charge in [-0.3, -0.25) is 4.79 Å².